The van der Waals surface area contributed by atoms with Crippen molar-refractivity contribution < 1.29 is 77.7 Å². The van der Waals surface area contributed by atoms with E-state index >= 15 is 8.78 Å². The lowest BCUT2D eigenvalue weighted by Gasteiger charge is -2.38. The Morgan fingerprint density at radius 3 is 1.84 bits per heavy atom. The van der Waals surface area contributed by atoms with Gasteiger partial charge in [-0.15, -0.1) is 0 Å². The number of ether oxygens (including phenoxy) is 2. The molecule has 0 radical (unpaired) electrons. The first-order valence-corrected chi connectivity index (χ1v) is 23.6. The second-order valence-electron chi connectivity index (χ2n) is 19.3. The van der Waals surface area contributed by atoms with E-state index in [0.29, 0.717) is 80.5 Å². The van der Waals surface area contributed by atoms with Crippen molar-refractivity contribution >= 4 is 41.6 Å². The van der Waals surface area contributed by atoms with Crippen molar-refractivity contribution in [3.63, 3.8) is 0 Å². The summed E-state index contributed by atoms with van der Waals surface area (Å²) in [6.07, 6.45) is -11.0. The van der Waals surface area contributed by atoms with E-state index in [-0.39, 0.29) is 5.56 Å². The van der Waals surface area contributed by atoms with E-state index in [1.165, 1.54) is 24.3 Å². The number of carbonyl (C=O) groups excluding carboxylic acids is 4. The predicted molar refractivity (Wildman–Crippen MR) is 260 cm³/mol. The predicted octanol–water partition coefficient (Wildman–Crippen LogP) is 5.84. The Morgan fingerprint density at radius 2 is 1.36 bits per heavy atom. The number of aliphatic hydroxyl groups excluding tert-OH is 1. The van der Waals surface area contributed by atoms with Crippen molar-refractivity contribution in [2.75, 3.05) is 38.8 Å². The number of nitrogens with zero attached hydrogens (tertiary/aromatic N) is 4. The summed E-state index contributed by atoms with van der Waals surface area (Å²) < 4.78 is 154. The molecule has 17 nitrogen and oxygen atoms in total. The van der Waals surface area contributed by atoms with E-state index in [1.54, 1.807) is 11.5 Å². The lowest BCUT2D eigenvalue weighted by atomic mass is 9.82. The van der Waals surface area contributed by atoms with Crippen molar-refractivity contribution in [3.8, 4) is 11.8 Å². The Kier molecular flexibility index (Phi) is 20.0. The van der Waals surface area contributed by atoms with Gasteiger partial charge in [0.05, 0.1) is 37.2 Å². The molecule has 0 aliphatic carbocycles. The Labute approximate surface area is 436 Å². The van der Waals surface area contributed by atoms with Gasteiger partial charge in [0.15, 0.2) is 0 Å². The highest BCUT2D eigenvalue weighted by Gasteiger charge is 2.57. The standard InChI is InChI=1S/C50H58F10N10O7/c1-47(2,49(55,56)57)40(66-45(74)76-5)42(72)65-37(17-28-10-7-27(8-11-28)9-12-29-13-16-39(62-21-29)69-23-32-14-15-33(24-69)64-32)38(71)26-70(68-43(73)41(67-46(75)77-6)48(3,4)50(58,59)60)25-34-35(51)18-30(19-36(34)52)31(20-61)22-63-44(53)54/h7-8,10-11,13,16,18-22,32-33,37-38,40-41,44,64,71H,14-15,17,23-26,61H2,1-6H3,(H,65,72)(H,66,74)(H,67,75)(H,68,73)/t32?,33?,37-,38-,40+,41+/m0/s1. The van der Waals surface area contributed by atoms with Crippen LogP contribution in [-0.4, -0.2) is 134 Å². The van der Waals surface area contributed by atoms with Crippen molar-refractivity contribution in [2.45, 2.75) is 109 Å². The summed E-state index contributed by atoms with van der Waals surface area (Å²) in [5.41, 5.74) is 0.817. The first-order valence-electron chi connectivity index (χ1n) is 23.6. The molecule has 0 spiro atoms. The van der Waals surface area contributed by atoms with Crippen LogP contribution in [-0.2, 0) is 32.0 Å². The molecule has 27 heteroatoms. The van der Waals surface area contributed by atoms with E-state index < -0.39 is 126 Å². The van der Waals surface area contributed by atoms with Crippen LogP contribution in [0, 0.1) is 34.3 Å². The number of carbonyl (C=O) groups is 4. The lowest BCUT2D eigenvalue weighted by Crippen LogP contribution is -2.63. The zero-order chi connectivity index (χ0) is 57.2. The molecule has 4 amide bonds. The number of benzene rings is 2. The quantitative estimate of drug-likeness (QED) is 0.0247. The molecule has 3 aromatic rings. The van der Waals surface area contributed by atoms with Crippen LogP contribution in [0.4, 0.5) is 59.3 Å². The van der Waals surface area contributed by atoms with Crippen molar-refractivity contribution in [3.05, 3.63) is 100 Å². The normalized spacial score (nSPS) is 17.8. The number of rotatable bonds is 19. The van der Waals surface area contributed by atoms with Gasteiger partial charge in [-0.05, 0) is 94.5 Å². The van der Waals surface area contributed by atoms with Gasteiger partial charge in [0.1, 0.15) is 29.5 Å². The van der Waals surface area contributed by atoms with Gasteiger partial charge in [0, 0.05) is 79.1 Å². The number of hydrogen-bond acceptors (Lipinski definition) is 13. The summed E-state index contributed by atoms with van der Waals surface area (Å²) in [5.74, 6) is 0.605. The van der Waals surface area contributed by atoms with Gasteiger partial charge < -0.3 is 46.5 Å². The molecule has 5 rings (SSSR count). The van der Waals surface area contributed by atoms with Crippen LogP contribution in [0.2, 0.25) is 0 Å². The fourth-order valence-electron chi connectivity index (χ4n) is 8.32. The van der Waals surface area contributed by atoms with Crippen molar-refractivity contribution in [1.29, 1.82) is 0 Å². The number of pyridine rings is 1. The number of methoxy groups -OCH3 is 2. The van der Waals surface area contributed by atoms with Crippen LogP contribution < -0.4 is 37.3 Å². The van der Waals surface area contributed by atoms with E-state index in [2.05, 4.69) is 46.8 Å². The molecule has 2 unspecified atom stereocenters. The largest absolute Gasteiger partial charge is 0.453 e. The first-order chi connectivity index (χ1) is 36.0. The fourth-order valence-corrected chi connectivity index (χ4v) is 8.32. The Morgan fingerprint density at radius 1 is 0.844 bits per heavy atom. The Bertz CT molecular complexity index is 2660. The summed E-state index contributed by atoms with van der Waals surface area (Å²) in [4.78, 5) is 62.3. The average Bonchev–Trinajstić information content (AvgIpc) is 3.70. The van der Waals surface area contributed by atoms with Crippen LogP contribution >= 0.6 is 0 Å². The molecule has 8 N–H and O–H groups in total. The van der Waals surface area contributed by atoms with Crippen molar-refractivity contribution in [2.24, 2.45) is 21.6 Å². The number of nitrogens with one attached hydrogen (secondary N) is 5. The molecular formula is C50H58F10N10O7. The van der Waals surface area contributed by atoms with Gasteiger partial charge in [0.2, 0.25) is 5.91 Å². The third kappa shape index (κ3) is 15.7. The number of anilines is 1. The molecule has 0 saturated carbocycles. The maximum atomic E-state index is 16.0. The second kappa shape index (κ2) is 25.3. The minimum atomic E-state index is -5.24. The smallest absolute Gasteiger partial charge is 0.407 e. The SMILES string of the molecule is COC(=O)N[C@H](C(=O)N[C@@H](Cc1ccc(C#Cc2ccc(N3CC4CCC(C3)N4)nc2)cc1)[C@@H](O)CN(Cc1c(F)cc(C(C=NC(F)F)=CN)cc1F)NC(=O)[C@@H](NC(=O)OC)C(C)(C)C(F)(F)F)C(C)(C)C(F)(F)F. The number of aliphatic imine (C=N–C) groups is 1. The summed E-state index contributed by atoms with van der Waals surface area (Å²) >= 11 is 0. The monoisotopic (exact) mass is 1100 g/mol. The number of piperazine rings is 1. The number of hydrazine groups is 1. The number of amides is 4. The number of alkyl carbamates (subject to hydrolysis) is 2. The van der Waals surface area contributed by atoms with Crippen LogP contribution in [0.15, 0.2) is 65.9 Å². The van der Waals surface area contributed by atoms with Crippen LogP contribution in [0.1, 0.15) is 68.4 Å². The number of hydrogen-bond donors (Lipinski definition) is 7. The molecule has 1 aromatic heterocycles. The molecular weight excluding hydrogens is 1040 g/mol. The summed E-state index contributed by atoms with van der Waals surface area (Å²) in [6.45, 7) is -1.68. The number of halogens is 10. The maximum absolute atomic E-state index is 16.0. The van der Waals surface area contributed by atoms with E-state index in [0.717, 1.165) is 46.0 Å². The molecule has 2 saturated heterocycles. The maximum Gasteiger partial charge on any atom is 0.407 e. The highest BCUT2D eigenvalue weighted by atomic mass is 19.4. The number of aliphatic hydroxyl groups is 1. The minimum Gasteiger partial charge on any atom is -0.453 e. The topological polar surface area (TPSA) is 225 Å². The van der Waals surface area contributed by atoms with Crippen molar-refractivity contribution in [1.82, 2.24) is 36.7 Å². The third-order valence-corrected chi connectivity index (χ3v) is 13.2. The van der Waals surface area contributed by atoms with Crippen LogP contribution in [0.3, 0.4) is 0 Å². The average molecular weight is 1100 g/mol. The first kappa shape index (κ1) is 60.7. The molecule has 3 heterocycles. The minimum absolute atomic E-state index is 0.264. The lowest BCUT2D eigenvalue weighted by molar-refractivity contribution is -0.221. The van der Waals surface area contributed by atoms with Gasteiger partial charge in [-0.1, -0.05) is 24.0 Å². The molecule has 2 aliphatic rings. The molecule has 2 aromatic carbocycles. The number of alkyl halides is 8. The van der Waals surface area contributed by atoms with Gasteiger partial charge in [-0.2, -0.15) is 35.1 Å². The highest BCUT2D eigenvalue weighted by Crippen LogP contribution is 2.42. The summed E-state index contributed by atoms with van der Waals surface area (Å²) in [7, 11) is 1.59. The number of fused-ring (bicyclic) bond motifs is 2. The van der Waals surface area contributed by atoms with E-state index in [1.807, 2.05) is 22.9 Å². The Balaban J connectivity index is 1.53. The molecule has 77 heavy (non-hydrogen) atoms. The highest BCUT2D eigenvalue weighted by molar-refractivity contribution is 6.09. The van der Waals surface area contributed by atoms with Gasteiger partial charge in [-0.25, -0.2) is 33.4 Å². The molecule has 420 valence electrons. The van der Waals surface area contributed by atoms with Crippen LogP contribution in [0.25, 0.3) is 5.57 Å². The number of allylic oxidation sites excluding steroid dienone is 1. The zero-order valence-electron chi connectivity index (χ0n) is 42.4. The number of aromatic nitrogens is 1. The molecule has 2 fully saturated rings. The number of nitrogens with two attached hydrogens (primary N) is 1. The van der Waals surface area contributed by atoms with Gasteiger partial charge >= 0.3 is 31.1 Å². The van der Waals surface area contributed by atoms with E-state index in [4.69, 9.17) is 5.73 Å². The van der Waals surface area contributed by atoms with E-state index in [9.17, 15) is 59.4 Å². The molecule has 2 bridgehead atoms. The fraction of sp³-hybridized carbons (Fsp3) is 0.480. The zero-order valence-corrected chi connectivity index (χ0v) is 42.4. The van der Waals surface area contributed by atoms with Crippen LogP contribution in [0.5, 0.6) is 0 Å². The Hall–Kier alpha value is -7.18. The molecule has 2 aliphatic heterocycles. The van der Waals surface area contributed by atoms with Gasteiger partial charge in [0.25, 0.3) is 5.91 Å². The molecule has 6 atom stereocenters. The second-order valence-corrected chi connectivity index (χ2v) is 19.3. The third-order valence-electron chi connectivity index (χ3n) is 13.2. The van der Waals surface area contributed by atoms with Gasteiger partial charge in [-0.3, -0.25) is 15.0 Å². The summed E-state index contributed by atoms with van der Waals surface area (Å²) in [5, 5.41) is 21.9. The summed E-state index contributed by atoms with van der Waals surface area (Å²) in [6, 6.07) is 4.87.